The summed E-state index contributed by atoms with van der Waals surface area (Å²) in [6.07, 6.45) is 5.79. The molecule has 1 aliphatic heterocycles. The first-order chi connectivity index (χ1) is 16.9. The van der Waals surface area contributed by atoms with Gasteiger partial charge >= 0.3 is 5.97 Å². The van der Waals surface area contributed by atoms with Crippen molar-refractivity contribution in [1.82, 2.24) is 4.90 Å². The number of unbranched alkanes of at least 4 members (excludes halogenated alkanes) is 4. The van der Waals surface area contributed by atoms with Crippen molar-refractivity contribution in [1.29, 1.82) is 0 Å². The number of carbonyl (C=O) groups excluding carboxylic acids is 4. The molecule has 9 heteroatoms. The SMILES string of the molecule is CCOC(=O)C1(CCCCCCCC(=O)N2CCOCC2)CC2=C(C1)C(=O)C(OC)=C(OC)C2=O. The second kappa shape index (κ2) is 12.3. The van der Waals surface area contributed by atoms with Crippen LogP contribution in [0.5, 0.6) is 0 Å². The van der Waals surface area contributed by atoms with E-state index in [1.165, 1.54) is 14.2 Å². The van der Waals surface area contributed by atoms with E-state index in [-0.39, 0.29) is 42.8 Å². The number of ether oxygens (including phenoxy) is 4. The lowest BCUT2D eigenvalue weighted by atomic mass is 9.78. The number of carbonyl (C=O) groups is 4. The zero-order valence-electron chi connectivity index (χ0n) is 21.1. The number of morpholine rings is 1. The largest absolute Gasteiger partial charge is 0.489 e. The Kier molecular flexibility index (Phi) is 9.48. The first-order valence-electron chi connectivity index (χ1n) is 12.5. The van der Waals surface area contributed by atoms with Crippen molar-refractivity contribution in [3.63, 3.8) is 0 Å². The van der Waals surface area contributed by atoms with Gasteiger partial charge in [0.1, 0.15) is 0 Å². The van der Waals surface area contributed by atoms with Crippen molar-refractivity contribution in [2.45, 2.75) is 64.7 Å². The minimum absolute atomic E-state index is 0.109. The van der Waals surface area contributed by atoms with Gasteiger partial charge < -0.3 is 23.8 Å². The topological polar surface area (TPSA) is 108 Å². The molecule has 0 radical (unpaired) electrons. The minimum Gasteiger partial charge on any atom is -0.489 e. The van der Waals surface area contributed by atoms with Crippen LogP contribution in [0.25, 0.3) is 0 Å². The first-order valence-corrected chi connectivity index (χ1v) is 12.5. The highest BCUT2D eigenvalue weighted by atomic mass is 16.5. The monoisotopic (exact) mass is 491 g/mol. The number of hydrogen-bond acceptors (Lipinski definition) is 8. The Bertz CT molecular complexity index is 859. The summed E-state index contributed by atoms with van der Waals surface area (Å²) >= 11 is 0. The molecule has 1 fully saturated rings. The Labute approximate surface area is 206 Å². The summed E-state index contributed by atoms with van der Waals surface area (Å²) in [4.78, 5) is 53.1. The number of rotatable bonds is 12. The van der Waals surface area contributed by atoms with Crippen LogP contribution in [-0.4, -0.2) is 75.5 Å². The lowest BCUT2D eigenvalue weighted by Gasteiger charge is -2.27. The number of allylic oxidation sites excluding steroid dienone is 2. The van der Waals surface area contributed by atoms with Gasteiger partial charge in [-0.25, -0.2) is 0 Å². The summed E-state index contributed by atoms with van der Waals surface area (Å²) in [5, 5.41) is 0. The Morgan fingerprint density at radius 1 is 0.886 bits per heavy atom. The third-order valence-electron chi connectivity index (χ3n) is 7.09. The molecule has 0 N–H and O–H groups in total. The molecule has 1 heterocycles. The van der Waals surface area contributed by atoms with Crippen LogP contribution >= 0.6 is 0 Å². The van der Waals surface area contributed by atoms with Crippen LogP contribution in [0.4, 0.5) is 0 Å². The fourth-order valence-corrected chi connectivity index (χ4v) is 5.19. The molecular weight excluding hydrogens is 454 g/mol. The molecule has 0 aromatic carbocycles. The van der Waals surface area contributed by atoms with Gasteiger partial charge in [-0.3, -0.25) is 19.2 Å². The van der Waals surface area contributed by atoms with Crippen LogP contribution in [-0.2, 0) is 38.1 Å². The van der Waals surface area contributed by atoms with Crippen molar-refractivity contribution in [2.75, 3.05) is 47.1 Å². The van der Waals surface area contributed by atoms with Crippen LogP contribution in [0.2, 0.25) is 0 Å². The lowest BCUT2D eigenvalue weighted by molar-refractivity contribution is -0.155. The fourth-order valence-electron chi connectivity index (χ4n) is 5.19. The molecule has 0 bridgehead atoms. The van der Waals surface area contributed by atoms with Crippen molar-refractivity contribution >= 4 is 23.4 Å². The van der Waals surface area contributed by atoms with Gasteiger partial charge in [-0.05, 0) is 32.6 Å². The van der Waals surface area contributed by atoms with Crippen LogP contribution in [0.1, 0.15) is 64.7 Å². The van der Waals surface area contributed by atoms with Gasteiger partial charge in [0.2, 0.25) is 29.0 Å². The summed E-state index contributed by atoms with van der Waals surface area (Å²) in [5.41, 5.74) is -0.259. The highest BCUT2D eigenvalue weighted by Gasteiger charge is 2.52. The van der Waals surface area contributed by atoms with Crippen molar-refractivity contribution in [2.24, 2.45) is 5.41 Å². The van der Waals surface area contributed by atoms with E-state index in [9.17, 15) is 19.2 Å². The van der Waals surface area contributed by atoms with E-state index >= 15 is 0 Å². The smallest absolute Gasteiger partial charge is 0.312 e. The summed E-state index contributed by atoms with van der Waals surface area (Å²) < 4.78 is 21.0. The van der Waals surface area contributed by atoms with Crippen molar-refractivity contribution in [3.8, 4) is 0 Å². The Balaban J connectivity index is 1.52. The first kappa shape index (κ1) is 26.9. The van der Waals surface area contributed by atoms with E-state index in [0.717, 1.165) is 32.1 Å². The second-order valence-electron chi connectivity index (χ2n) is 9.30. The van der Waals surface area contributed by atoms with Gasteiger partial charge in [0.05, 0.1) is 39.5 Å². The second-order valence-corrected chi connectivity index (χ2v) is 9.30. The maximum Gasteiger partial charge on any atom is 0.312 e. The molecule has 0 spiro atoms. The number of amides is 1. The summed E-state index contributed by atoms with van der Waals surface area (Å²) in [5.74, 6) is -1.19. The van der Waals surface area contributed by atoms with Crippen molar-refractivity contribution in [3.05, 3.63) is 22.7 Å². The molecule has 0 atom stereocenters. The summed E-state index contributed by atoms with van der Waals surface area (Å²) in [6.45, 7) is 4.54. The predicted octanol–water partition coefficient (Wildman–Crippen LogP) is 2.87. The maximum absolute atomic E-state index is 13.0. The molecule has 1 saturated heterocycles. The fraction of sp³-hybridized carbons (Fsp3) is 0.692. The molecule has 194 valence electrons. The molecule has 0 unspecified atom stereocenters. The number of methoxy groups -OCH3 is 2. The Morgan fingerprint density at radius 2 is 1.43 bits per heavy atom. The van der Waals surface area contributed by atoms with Gasteiger partial charge in [-0.2, -0.15) is 0 Å². The van der Waals surface area contributed by atoms with E-state index in [1.807, 2.05) is 4.90 Å². The zero-order chi connectivity index (χ0) is 25.4. The third kappa shape index (κ3) is 5.94. The molecule has 3 aliphatic rings. The molecule has 0 aromatic rings. The zero-order valence-corrected chi connectivity index (χ0v) is 21.1. The third-order valence-corrected chi connectivity index (χ3v) is 7.09. The summed E-state index contributed by atoms with van der Waals surface area (Å²) in [6, 6.07) is 0. The van der Waals surface area contributed by atoms with E-state index in [2.05, 4.69) is 0 Å². The van der Waals surface area contributed by atoms with Gasteiger partial charge in [0.25, 0.3) is 0 Å². The van der Waals surface area contributed by atoms with E-state index in [1.54, 1.807) is 6.92 Å². The normalized spacial score (nSPS) is 19.7. The highest BCUT2D eigenvalue weighted by molar-refractivity contribution is 6.24. The number of ketones is 2. The molecule has 1 amide bonds. The number of nitrogens with zero attached hydrogens (tertiary/aromatic N) is 1. The average Bonchev–Trinajstić information content (AvgIpc) is 3.27. The van der Waals surface area contributed by atoms with Crippen LogP contribution in [0.3, 0.4) is 0 Å². The van der Waals surface area contributed by atoms with Crippen LogP contribution in [0, 0.1) is 5.41 Å². The lowest BCUT2D eigenvalue weighted by Crippen LogP contribution is -2.40. The maximum atomic E-state index is 13.0. The molecular formula is C26H37NO8. The van der Waals surface area contributed by atoms with Gasteiger partial charge in [0.15, 0.2) is 0 Å². The quantitative estimate of drug-likeness (QED) is 0.233. The van der Waals surface area contributed by atoms with E-state index in [4.69, 9.17) is 18.9 Å². The number of Topliss-reactive ketones (excluding diaryl/α,β-unsaturated/α-hetero) is 2. The Hall–Kier alpha value is -2.68. The number of hydrogen-bond donors (Lipinski definition) is 0. The standard InChI is InChI=1S/C26H37NO8/c1-4-35-25(31)26(11-9-7-5-6-8-10-20(28)27-12-14-34-15-13-27)16-18-19(17-26)22(30)24(33-3)23(32-2)21(18)29/h4-17H2,1-3H3. The molecule has 9 nitrogen and oxygen atoms in total. The van der Waals surface area contributed by atoms with Crippen LogP contribution in [0.15, 0.2) is 22.7 Å². The molecule has 3 rings (SSSR count). The molecule has 35 heavy (non-hydrogen) atoms. The van der Waals surface area contributed by atoms with E-state index < -0.39 is 17.0 Å². The van der Waals surface area contributed by atoms with Crippen LogP contribution < -0.4 is 0 Å². The predicted molar refractivity (Wildman–Crippen MR) is 126 cm³/mol. The molecule has 0 aromatic heterocycles. The average molecular weight is 492 g/mol. The molecule has 0 saturated carbocycles. The summed E-state index contributed by atoms with van der Waals surface area (Å²) in [7, 11) is 2.65. The highest BCUT2D eigenvalue weighted by Crippen LogP contribution is 2.50. The van der Waals surface area contributed by atoms with Gasteiger partial charge in [0, 0.05) is 30.7 Å². The number of esters is 1. The molecule has 2 aliphatic carbocycles. The van der Waals surface area contributed by atoms with E-state index in [0.29, 0.717) is 50.3 Å². The minimum atomic E-state index is -0.930. The Morgan fingerprint density at radius 3 is 1.97 bits per heavy atom. The van der Waals surface area contributed by atoms with Gasteiger partial charge in [-0.15, -0.1) is 0 Å². The van der Waals surface area contributed by atoms with Gasteiger partial charge in [-0.1, -0.05) is 25.7 Å². The van der Waals surface area contributed by atoms with Crippen molar-refractivity contribution < 1.29 is 38.1 Å².